The van der Waals surface area contributed by atoms with Crippen LogP contribution in [0.4, 0.5) is 4.39 Å². The van der Waals surface area contributed by atoms with Crippen LogP contribution in [0.3, 0.4) is 0 Å². The zero-order chi connectivity index (χ0) is 13.0. The van der Waals surface area contributed by atoms with Gasteiger partial charge in [0, 0.05) is 12.5 Å². The molecule has 18 heavy (non-hydrogen) atoms. The van der Waals surface area contributed by atoms with Crippen molar-refractivity contribution in [3.05, 3.63) is 29.6 Å². The Bertz CT molecular complexity index is 428. The summed E-state index contributed by atoms with van der Waals surface area (Å²) in [4.78, 5) is 12.0. The summed E-state index contributed by atoms with van der Waals surface area (Å²) in [7, 11) is 1.48. The van der Waals surface area contributed by atoms with Crippen molar-refractivity contribution in [2.75, 3.05) is 20.2 Å². The lowest BCUT2D eigenvalue weighted by atomic mass is 9.90. The lowest BCUT2D eigenvalue weighted by molar-refractivity contribution is 0.0948. The minimum Gasteiger partial charge on any atom is -0.497 e. The van der Waals surface area contributed by atoms with Crippen LogP contribution in [0.1, 0.15) is 29.6 Å². The molecule has 1 heterocycles. The maximum atomic E-state index is 13.7. The number of rotatable bonds is 4. The fraction of sp³-hybridized carbons (Fsp3) is 0.500. The first-order chi connectivity index (χ1) is 8.70. The molecule has 3 nitrogen and oxygen atoms in total. The number of ketones is 1. The molecule has 1 aliphatic heterocycles. The highest BCUT2D eigenvalue weighted by molar-refractivity contribution is 5.96. The molecule has 1 aliphatic rings. The van der Waals surface area contributed by atoms with Crippen LogP contribution in [0.2, 0.25) is 0 Å². The monoisotopic (exact) mass is 251 g/mol. The first kappa shape index (κ1) is 13.0. The van der Waals surface area contributed by atoms with E-state index in [-0.39, 0.29) is 11.3 Å². The second kappa shape index (κ2) is 5.96. The molecule has 0 atom stereocenters. The Morgan fingerprint density at radius 1 is 1.44 bits per heavy atom. The van der Waals surface area contributed by atoms with Crippen LogP contribution in [0.25, 0.3) is 0 Å². The van der Waals surface area contributed by atoms with Gasteiger partial charge in [0.1, 0.15) is 11.6 Å². The molecule has 2 rings (SSSR count). The lowest BCUT2D eigenvalue weighted by Gasteiger charge is -2.21. The molecule has 98 valence electrons. The highest BCUT2D eigenvalue weighted by Gasteiger charge is 2.20. The minimum absolute atomic E-state index is 0.109. The van der Waals surface area contributed by atoms with Gasteiger partial charge in [-0.25, -0.2) is 4.39 Å². The molecule has 1 aromatic carbocycles. The van der Waals surface area contributed by atoms with Crippen molar-refractivity contribution in [1.82, 2.24) is 5.32 Å². The van der Waals surface area contributed by atoms with Gasteiger partial charge in [-0.2, -0.15) is 0 Å². The average Bonchev–Trinajstić information content (AvgIpc) is 2.39. The van der Waals surface area contributed by atoms with Crippen LogP contribution in [0.5, 0.6) is 5.75 Å². The van der Waals surface area contributed by atoms with E-state index in [0.29, 0.717) is 18.1 Å². The van der Waals surface area contributed by atoms with Crippen LogP contribution >= 0.6 is 0 Å². The van der Waals surface area contributed by atoms with Crippen LogP contribution in [0, 0.1) is 11.7 Å². The number of methoxy groups -OCH3 is 1. The molecule has 0 spiro atoms. The maximum absolute atomic E-state index is 13.7. The Kier molecular flexibility index (Phi) is 4.31. The molecule has 0 unspecified atom stereocenters. The largest absolute Gasteiger partial charge is 0.497 e. The molecule has 0 aromatic heterocycles. The number of hydrogen-bond donors (Lipinski definition) is 1. The predicted molar refractivity (Wildman–Crippen MR) is 67.5 cm³/mol. The molecule has 0 aliphatic carbocycles. The number of carbonyl (C=O) groups is 1. The fourth-order valence-corrected chi connectivity index (χ4v) is 2.31. The van der Waals surface area contributed by atoms with Crippen molar-refractivity contribution < 1.29 is 13.9 Å². The van der Waals surface area contributed by atoms with E-state index in [1.807, 2.05) is 0 Å². The van der Waals surface area contributed by atoms with E-state index >= 15 is 0 Å². The second-order valence-electron chi connectivity index (χ2n) is 4.67. The van der Waals surface area contributed by atoms with E-state index in [4.69, 9.17) is 4.74 Å². The number of hydrogen-bond acceptors (Lipinski definition) is 3. The van der Waals surface area contributed by atoms with E-state index in [1.165, 1.54) is 19.2 Å². The van der Waals surface area contributed by atoms with Gasteiger partial charge in [0.25, 0.3) is 0 Å². The van der Waals surface area contributed by atoms with Crippen molar-refractivity contribution in [2.45, 2.75) is 19.3 Å². The van der Waals surface area contributed by atoms with E-state index in [2.05, 4.69) is 5.32 Å². The summed E-state index contributed by atoms with van der Waals surface area (Å²) >= 11 is 0. The topological polar surface area (TPSA) is 38.3 Å². The molecule has 0 radical (unpaired) electrons. The molecular weight excluding hydrogens is 233 g/mol. The van der Waals surface area contributed by atoms with Gasteiger partial charge in [0.05, 0.1) is 12.7 Å². The third kappa shape index (κ3) is 3.07. The highest BCUT2D eigenvalue weighted by atomic mass is 19.1. The van der Waals surface area contributed by atoms with Crippen LogP contribution in [-0.2, 0) is 0 Å². The second-order valence-corrected chi connectivity index (χ2v) is 4.67. The Labute approximate surface area is 106 Å². The fourth-order valence-electron chi connectivity index (χ4n) is 2.31. The Balaban J connectivity index is 2.03. The molecule has 1 saturated heterocycles. The van der Waals surface area contributed by atoms with Gasteiger partial charge < -0.3 is 10.1 Å². The van der Waals surface area contributed by atoms with Gasteiger partial charge in [0.2, 0.25) is 0 Å². The zero-order valence-electron chi connectivity index (χ0n) is 10.5. The Morgan fingerprint density at radius 2 is 2.17 bits per heavy atom. The van der Waals surface area contributed by atoms with Crippen molar-refractivity contribution >= 4 is 5.78 Å². The number of ether oxygens (including phenoxy) is 1. The first-order valence-corrected chi connectivity index (χ1v) is 6.28. The van der Waals surface area contributed by atoms with Crippen molar-refractivity contribution in [2.24, 2.45) is 5.92 Å². The first-order valence-electron chi connectivity index (χ1n) is 6.28. The van der Waals surface area contributed by atoms with Gasteiger partial charge in [-0.1, -0.05) is 0 Å². The predicted octanol–water partition coefficient (Wildman–Crippen LogP) is 2.41. The number of nitrogens with one attached hydrogen (secondary N) is 1. The van der Waals surface area contributed by atoms with Crippen LogP contribution in [0.15, 0.2) is 18.2 Å². The third-order valence-electron chi connectivity index (χ3n) is 3.41. The smallest absolute Gasteiger partial charge is 0.166 e. The van der Waals surface area contributed by atoms with Crippen molar-refractivity contribution in [1.29, 1.82) is 0 Å². The summed E-state index contributed by atoms with van der Waals surface area (Å²) in [5, 5.41) is 3.25. The summed E-state index contributed by atoms with van der Waals surface area (Å²) in [6.45, 7) is 1.89. The highest BCUT2D eigenvalue weighted by Crippen LogP contribution is 2.22. The molecule has 0 amide bonds. The van der Waals surface area contributed by atoms with Gasteiger partial charge in [-0.3, -0.25) is 4.79 Å². The molecular formula is C14H18FNO2. The molecule has 1 N–H and O–H groups in total. The van der Waals surface area contributed by atoms with Gasteiger partial charge in [-0.05, 0) is 44.0 Å². The summed E-state index contributed by atoms with van der Waals surface area (Å²) in [5.74, 6) is 0.210. The van der Waals surface area contributed by atoms with E-state index < -0.39 is 5.82 Å². The number of benzene rings is 1. The van der Waals surface area contributed by atoms with E-state index in [0.717, 1.165) is 25.9 Å². The number of piperidine rings is 1. The molecule has 4 heteroatoms. The van der Waals surface area contributed by atoms with Crippen molar-refractivity contribution in [3.63, 3.8) is 0 Å². The SMILES string of the molecule is COc1ccc(C(=O)CC2CCNCC2)c(F)c1. The van der Waals surface area contributed by atoms with Gasteiger partial charge in [0.15, 0.2) is 5.78 Å². The van der Waals surface area contributed by atoms with E-state index in [1.54, 1.807) is 6.07 Å². The Hall–Kier alpha value is -1.42. The third-order valence-corrected chi connectivity index (χ3v) is 3.41. The quantitative estimate of drug-likeness (QED) is 0.835. The van der Waals surface area contributed by atoms with Crippen LogP contribution in [-0.4, -0.2) is 26.0 Å². The molecule has 1 aromatic rings. The summed E-state index contributed by atoms with van der Waals surface area (Å²) in [6, 6.07) is 4.39. The summed E-state index contributed by atoms with van der Waals surface area (Å²) in [5.41, 5.74) is 0.175. The number of halogens is 1. The van der Waals surface area contributed by atoms with Crippen molar-refractivity contribution in [3.8, 4) is 5.75 Å². The summed E-state index contributed by atoms with van der Waals surface area (Å²) < 4.78 is 18.6. The molecule has 1 fully saturated rings. The normalized spacial score (nSPS) is 16.6. The minimum atomic E-state index is -0.492. The maximum Gasteiger partial charge on any atom is 0.166 e. The summed E-state index contributed by atoms with van der Waals surface area (Å²) in [6.07, 6.45) is 2.41. The standard InChI is InChI=1S/C14H18FNO2/c1-18-11-2-3-12(13(15)9-11)14(17)8-10-4-6-16-7-5-10/h2-3,9-10,16H,4-8H2,1H3. The van der Waals surface area contributed by atoms with Gasteiger partial charge in [-0.15, -0.1) is 0 Å². The number of carbonyl (C=O) groups excluding carboxylic acids is 1. The Morgan fingerprint density at radius 3 is 2.78 bits per heavy atom. The van der Waals surface area contributed by atoms with E-state index in [9.17, 15) is 9.18 Å². The lowest BCUT2D eigenvalue weighted by Crippen LogP contribution is -2.29. The zero-order valence-corrected chi connectivity index (χ0v) is 10.5. The van der Waals surface area contributed by atoms with Crippen LogP contribution < -0.4 is 10.1 Å². The average molecular weight is 251 g/mol. The number of Topliss-reactive ketones (excluding diaryl/α,β-unsaturated/α-hetero) is 1. The molecule has 0 bridgehead atoms. The van der Waals surface area contributed by atoms with Gasteiger partial charge >= 0.3 is 0 Å². The molecule has 0 saturated carbocycles.